The third kappa shape index (κ3) is 13.8. The fourth-order valence-electron chi connectivity index (χ4n) is 3.81. The van der Waals surface area contributed by atoms with Gasteiger partial charge in [-0.05, 0) is 49.9 Å². The van der Waals surface area contributed by atoms with Crippen LogP contribution < -0.4 is 21.6 Å². The monoisotopic (exact) mass is 526 g/mol. The van der Waals surface area contributed by atoms with Crippen LogP contribution in [0.25, 0.3) is 0 Å². The molecule has 0 radical (unpaired) electrons. The van der Waals surface area contributed by atoms with E-state index in [2.05, 4.69) is 14.5 Å². The number of anilines is 2. The summed E-state index contributed by atoms with van der Waals surface area (Å²) in [5.74, 6) is 0. The van der Waals surface area contributed by atoms with Crippen LogP contribution in [0.4, 0.5) is 11.4 Å². The van der Waals surface area contributed by atoms with E-state index in [9.17, 15) is 18.9 Å². The number of para-hydroxylation sites is 2. The molecule has 0 spiro atoms. The normalized spacial score (nSPS) is 20.0. The summed E-state index contributed by atoms with van der Waals surface area (Å²) in [6.45, 7) is 0. The summed E-state index contributed by atoms with van der Waals surface area (Å²) in [6.07, 6.45) is 13.3. The standard InChI is InChI=1S/C12H14N2O5P2.2C6H13N/c15-20(16,13-11-7-3-1-4-8-11)19-21(17,18)14-12-9-5-2-6-10-12;2*7-6-4-2-1-3-5-6/h1-10H,(H2,13,15,16)(H2,14,17,18);2*6H,1-5,7H2. The number of rotatable bonds is 6. The van der Waals surface area contributed by atoms with Gasteiger partial charge in [-0.15, -0.1) is 0 Å². The van der Waals surface area contributed by atoms with Crippen LogP contribution in [0.5, 0.6) is 0 Å². The van der Waals surface area contributed by atoms with Crippen LogP contribution in [0.2, 0.25) is 0 Å². The maximum absolute atomic E-state index is 11.8. The van der Waals surface area contributed by atoms with Gasteiger partial charge in [-0.25, -0.2) is 9.13 Å². The Kier molecular flexibility index (Phi) is 13.0. The van der Waals surface area contributed by atoms with Crippen molar-refractivity contribution in [3.8, 4) is 0 Å². The lowest BCUT2D eigenvalue weighted by molar-refractivity contribution is 0.341. The van der Waals surface area contributed by atoms with E-state index in [4.69, 9.17) is 11.5 Å². The molecule has 196 valence electrons. The lowest BCUT2D eigenvalue weighted by Gasteiger charge is -2.18. The molecule has 9 nitrogen and oxygen atoms in total. The largest absolute Gasteiger partial charge is 0.438 e. The zero-order chi connectivity index (χ0) is 25.6. The highest BCUT2D eigenvalue weighted by atomic mass is 31.3. The molecular weight excluding hydrogens is 486 g/mol. The van der Waals surface area contributed by atoms with Gasteiger partial charge in [0, 0.05) is 23.5 Å². The first kappa shape index (κ1) is 29.5. The molecule has 2 atom stereocenters. The molecule has 0 heterocycles. The maximum Gasteiger partial charge on any atom is 0.438 e. The summed E-state index contributed by atoms with van der Waals surface area (Å²) >= 11 is 0. The molecular formula is C24H40N4O5P2. The second-order valence-electron chi connectivity index (χ2n) is 8.87. The lowest BCUT2D eigenvalue weighted by atomic mass is 9.97. The van der Waals surface area contributed by atoms with E-state index in [-0.39, 0.29) is 0 Å². The first-order valence-corrected chi connectivity index (χ1v) is 15.4. The molecule has 2 aromatic rings. The molecule has 2 aromatic carbocycles. The van der Waals surface area contributed by atoms with E-state index in [1.54, 1.807) is 36.4 Å². The second-order valence-corrected chi connectivity index (χ2v) is 12.1. The molecule has 0 aromatic heterocycles. The SMILES string of the molecule is NC1CCCCC1.NC1CCCCC1.O=P(O)(Nc1ccccc1)OP(=O)(O)Nc1ccccc1. The van der Waals surface area contributed by atoms with Crippen molar-refractivity contribution < 1.29 is 23.2 Å². The smallest absolute Gasteiger partial charge is 0.328 e. The average molecular weight is 527 g/mol. The van der Waals surface area contributed by atoms with Gasteiger partial charge in [0.25, 0.3) is 0 Å². The number of hydrogen-bond donors (Lipinski definition) is 6. The highest BCUT2D eigenvalue weighted by Crippen LogP contribution is 2.58. The molecule has 11 heteroatoms. The number of hydrogen-bond acceptors (Lipinski definition) is 5. The van der Waals surface area contributed by atoms with E-state index >= 15 is 0 Å². The highest BCUT2D eigenvalue weighted by Gasteiger charge is 2.32. The molecule has 0 amide bonds. The Morgan fingerprint density at radius 2 is 0.943 bits per heavy atom. The predicted molar refractivity (Wildman–Crippen MR) is 143 cm³/mol. The zero-order valence-corrected chi connectivity index (χ0v) is 22.0. The Hall–Kier alpha value is -1.70. The minimum absolute atomic E-state index is 0.294. The van der Waals surface area contributed by atoms with Gasteiger partial charge < -0.3 is 21.3 Å². The van der Waals surface area contributed by atoms with Crippen molar-refractivity contribution in [1.82, 2.24) is 0 Å². The predicted octanol–water partition coefficient (Wildman–Crippen LogP) is 5.98. The number of nitrogens with one attached hydrogen (secondary N) is 2. The minimum Gasteiger partial charge on any atom is -0.328 e. The molecule has 2 fully saturated rings. The van der Waals surface area contributed by atoms with Crippen molar-refractivity contribution in [2.75, 3.05) is 10.2 Å². The molecule has 8 N–H and O–H groups in total. The number of benzene rings is 2. The Morgan fingerprint density at radius 3 is 1.20 bits per heavy atom. The molecule has 2 unspecified atom stereocenters. The van der Waals surface area contributed by atoms with Gasteiger partial charge in [-0.3, -0.25) is 10.2 Å². The van der Waals surface area contributed by atoms with Gasteiger partial charge in [-0.2, -0.15) is 4.31 Å². The van der Waals surface area contributed by atoms with Crippen molar-refractivity contribution in [3.05, 3.63) is 60.7 Å². The first-order valence-electron chi connectivity index (χ1n) is 12.2. The van der Waals surface area contributed by atoms with Crippen molar-refractivity contribution in [2.24, 2.45) is 11.5 Å². The van der Waals surface area contributed by atoms with Crippen LogP contribution >= 0.6 is 15.5 Å². The third-order valence-electron chi connectivity index (χ3n) is 5.61. The first-order chi connectivity index (χ1) is 16.7. The Morgan fingerprint density at radius 1 is 0.629 bits per heavy atom. The van der Waals surface area contributed by atoms with E-state index in [1.807, 2.05) is 0 Å². The summed E-state index contributed by atoms with van der Waals surface area (Å²) in [7, 11) is -9.00. The average Bonchev–Trinajstić information content (AvgIpc) is 2.81. The quantitative estimate of drug-likeness (QED) is 0.249. The van der Waals surface area contributed by atoms with Gasteiger partial charge in [0.05, 0.1) is 0 Å². The topological polar surface area (TPSA) is 160 Å². The van der Waals surface area contributed by atoms with Crippen LogP contribution in [0.1, 0.15) is 64.2 Å². The van der Waals surface area contributed by atoms with E-state index < -0.39 is 15.5 Å². The molecule has 0 bridgehead atoms. The zero-order valence-electron chi connectivity index (χ0n) is 20.2. The lowest BCUT2D eigenvalue weighted by Crippen LogP contribution is -2.22. The summed E-state index contributed by atoms with van der Waals surface area (Å²) < 4.78 is 28.1. The van der Waals surface area contributed by atoms with Crippen LogP contribution in [-0.2, 0) is 13.4 Å². The molecule has 4 rings (SSSR count). The van der Waals surface area contributed by atoms with Crippen LogP contribution in [0.3, 0.4) is 0 Å². The fourth-order valence-corrected chi connectivity index (χ4v) is 6.29. The highest BCUT2D eigenvalue weighted by molar-refractivity contribution is 7.67. The molecule has 2 saturated carbocycles. The van der Waals surface area contributed by atoms with Gasteiger partial charge in [0.2, 0.25) is 0 Å². The molecule has 0 aliphatic heterocycles. The van der Waals surface area contributed by atoms with E-state index in [0.717, 1.165) is 0 Å². The van der Waals surface area contributed by atoms with Gasteiger partial charge in [0.15, 0.2) is 0 Å². The van der Waals surface area contributed by atoms with Crippen LogP contribution in [0, 0.1) is 0 Å². The fraction of sp³-hybridized carbons (Fsp3) is 0.500. The second kappa shape index (κ2) is 15.4. The van der Waals surface area contributed by atoms with Crippen molar-refractivity contribution >= 4 is 26.9 Å². The summed E-state index contributed by atoms with van der Waals surface area (Å²) in [6, 6.07) is 17.2. The van der Waals surface area contributed by atoms with Gasteiger partial charge in [-0.1, -0.05) is 74.9 Å². The van der Waals surface area contributed by atoms with Crippen molar-refractivity contribution in [2.45, 2.75) is 76.3 Å². The maximum atomic E-state index is 11.8. The minimum atomic E-state index is -4.50. The van der Waals surface area contributed by atoms with E-state index in [0.29, 0.717) is 23.5 Å². The van der Waals surface area contributed by atoms with Crippen LogP contribution in [-0.4, -0.2) is 21.9 Å². The Balaban J connectivity index is 0.000000249. The molecule has 35 heavy (non-hydrogen) atoms. The summed E-state index contributed by atoms with van der Waals surface area (Å²) in [5, 5.41) is 4.35. The summed E-state index contributed by atoms with van der Waals surface area (Å²) in [5.41, 5.74) is 11.9. The van der Waals surface area contributed by atoms with E-state index in [1.165, 1.54) is 88.5 Å². The third-order valence-corrected chi connectivity index (χ3v) is 8.46. The number of nitrogens with two attached hydrogens (primary N) is 2. The Bertz CT molecular complexity index is 849. The van der Waals surface area contributed by atoms with Gasteiger partial charge >= 0.3 is 15.5 Å². The molecule has 0 saturated heterocycles. The van der Waals surface area contributed by atoms with Crippen molar-refractivity contribution in [1.29, 1.82) is 0 Å². The van der Waals surface area contributed by atoms with Crippen molar-refractivity contribution in [3.63, 3.8) is 0 Å². The Labute approximate surface area is 208 Å². The van der Waals surface area contributed by atoms with Crippen LogP contribution in [0.15, 0.2) is 60.7 Å². The molecule has 2 aliphatic rings. The van der Waals surface area contributed by atoms with Gasteiger partial charge in [0.1, 0.15) is 0 Å². The summed E-state index contributed by atoms with van der Waals surface area (Å²) in [4.78, 5) is 19.3. The molecule has 2 aliphatic carbocycles.